The molecule has 0 fully saturated rings. The fourth-order valence-corrected chi connectivity index (χ4v) is 3.08. The molecule has 1 aliphatic carbocycles. The van der Waals surface area contributed by atoms with Crippen LogP contribution in [-0.2, 0) is 9.53 Å². The summed E-state index contributed by atoms with van der Waals surface area (Å²) >= 11 is 0. The number of carbonyl (C=O) groups excluding carboxylic acids is 1. The smallest absolute Gasteiger partial charge is 0.265 e. The highest BCUT2D eigenvalue weighted by atomic mass is 16.5. The maximum absolute atomic E-state index is 12.7. The zero-order valence-corrected chi connectivity index (χ0v) is 17.7. The van der Waals surface area contributed by atoms with E-state index in [1.807, 2.05) is 54.7 Å². The molecule has 1 amide bonds. The molecular formula is C26H23N3O3. The van der Waals surface area contributed by atoms with Crippen LogP contribution in [0.25, 0.3) is 22.6 Å². The number of hydrogen-bond acceptors (Lipinski definition) is 5. The second kappa shape index (κ2) is 9.75. The average Bonchev–Trinajstić information content (AvgIpc) is 3.22. The van der Waals surface area contributed by atoms with Crippen molar-refractivity contribution in [3.05, 3.63) is 103 Å². The van der Waals surface area contributed by atoms with Crippen molar-refractivity contribution in [3.8, 4) is 11.5 Å². The molecule has 2 aromatic heterocycles. The van der Waals surface area contributed by atoms with E-state index in [9.17, 15) is 4.79 Å². The minimum atomic E-state index is -0.676. The number of fused-ring (bicyclic) bond motifs is 1. The zero-order valence-electron chi connectivity index (χ0n) is 17.7. The fourth-order valence-electron chi connectivity index (χ4n) is 3.08. The summed E-state index contributed by atoms with van der Waals surface area (Å²) in [5.74, 6) is 0.943. The molecule has 1 aromatic carbocycles. The highest BCUT2D eigenvalue weighted by Gasteiger charge is 2.17. The van der Waals surface area contributed by atoms with Gasteiger partial charge in [-0.05, 0) is 48.9 Å². The first kappa shape index (κ1) is 21.1. The van der Waals surface area contributed by atoms with E-state index in [0.29, 0.717) is 34.9 Å². The van der Waals surface area contributed by atoms with Gasteiger partial charge in [0.2, 0.25) is 5.89 Å². The summed E-state index contributed by atoms with van der Waals surface area (Å²) in [4.78, 5) is 21.2. The van der Waals surface area contributed by atoms with Crippen molar-refractivity contribution in [2.75, 3.05) is 5.32 Å². The minimum Gasteiger partial charge on any atom is -0.485 e. The van der Waals surface area contributed by atoms with Gasteiger partial charge in [-0.3, -0.25) is 9.78 Å². The highest BCUT2D eigenvalue weighted by molar-refractivity contribution is 5.95. The van der Waals surface area contributed by atoms with Gasteiger partial charge in [0.25, 0.3) is 5.91 Å². The molecular weight excluding hydrogens is 402 g/mol. The summed E-state index contributed by atoms with van der Waals surface area (Å²) in [5.41, 5.74) is 3.63. The van der Waals surface area contributed by atoms with E-state index in [1.165, 1.54) is 0 Å². The summed E-state index contributed by atoms with van der Waals surface area (Å²) in [6.45, 7) is 5.65. The molecule has 0 saturated carbocycles. The monoisotopic (exact) mass is 425 g/mol. The number of allylic oxidation sites excluding steroid dienone is 8. The molecule has 1 atom stereocenters. The minimum absolute atomic E-state index is 0.252. The number of anilines is 1. The SMILES string of the molecule is C=C1/C=C\C=C/C/C(O[C@@H](C)C(=O)Nc2ccc3oc(-c4ccncc4)nc3c2)=C\C=C/1. The molecule has 0 unspecified atom stereocenters. The third-order valence-corrected chi connectivity index (χ3v) is 4.75. The molecule has 4 rings (SSSR count). The molecule has 1 N–H and O–H groups in total. The third kappa shape index (κ3) is 5.29. The quantitative estimate of drug-likeness (QED) is 0.563. The number of hydrogen-bond donors (Lipinski definition) is 1. The van der Waals surface area contributed by atoms with Crippen molar-refractivity contribution >= 4 is 22.7 Å². The molecule has 6 nitrogen and oxygen atoms in total. The van der Waals surface area contributed by atoms with E-state index in [0.717, 1.165) is 11.1 Å². The maximum Gasteiger partial charge on any atom is 0.265 e. The van der Waals surface area contributed by atoms with Crippen LogP contribution >= 0.6 is 0 Å². The van der Waals surface area contributed by atoms with Gasteiger partial charge in [-0.15, -0.1) is 0 Å². The number of pyridine rings is 1. The predicted octanol–water partition coefficient (Wildman–Crippen LogP) is 5.75. The Morgan fingerprint density at radius 1 is 1.16 bits per heavy atom. The number of benzene rings is 1. The van der Waals surface area contributed by atoms with Gasteiger partial charge in [-0.25, -0.2) is 4.98 Å². The van der Waals surface area contributed by atoms with Crippen molar-refractivity contribution in [1.82, 2.24) is 9.97 Å². The van der Waals surface area contributed by atoms with E-state index in [4.69, 9.17) is 9.15 Å². The summed E-state index contributed by atoms with van der Waals surface area (Å²) in [6, 6.07) is 9.00. The van der Waals surface area contributed by atoms with Gasteiger partial charge in [0.05, 0.1) is 0 Å². The number of oxazole rings is 1. The topological polar surface area (TPSA) is 77.2 Å². The average molecular weight is 425 g/mol. The van der Waals surface area contributed by atoms with E-state index in [-0.39, 0.29) is 5.91 Å². The Morgan fingerprint density at radius 3 is 2.81 bits per heavy atom. The lowest BCUT2D eigenvalue weighted by Crippen LogP contribution is -2.27. The number of aromatic nitrogens is 2. The predicted molar refractivity (Wildman–Crippen MR) is 126 cm³/mol. The van der Waals surface area contributed by atoms with Crippen LogP contribution < -0.4 is 5.32 Å². The summed E-state index contributed by atoms with van der Waals surface area (Å²) in [6.07, 6.45) is 16.6. The first-order valence-electron chi connectivity index (χ1n) is 10.3. The lowest BCUT2D eigenvalue weighted by molar-refractivity contribution is -0.124. The van der Waals surface area contributed by atoms with Gasteiger partial charge >= 0.3 is 0 Å². The molecule has 6 heteroatoms. The van der Waals surface area contributed by atoms with Crippen molar-refractivity contribution in [3.63, 3.8) is 0 Å². The summed E-state index contributed by atoms with van der Waals surface area (Å²) in [7, 11) is 0. The molecule has 0 spiro atoms. The number of nitrogens with one attached hydrogen (secondary N) is 1. The molecule has 1 aliphatic rings. The van der Waals surface area contributed by atoms with Crippen LogP contribution in [0.2, 0.25) is 0 Å². The zero-order chi connectivity index (χ0) is 22.3. The van der Waals surface area contributed by atoms with E-state index < -0.39 is 6.10 Å². The van der Waals surface area contributed by atoms with E-state index >= 15 is 0 Å². The molecule has 0 bridgehead atoms. The second-order valence-electron chi connectivity index (χ2n) is 7.25. The fraction of sp³-hybridized carbons (Fsp3) is 0.115. The van der Waals surface area contributed by atoms with Crippen LogP contribution in [0.5, 0.6) is 0 Å². The number of rotatable bonds is 5. The van der Waals surface area contributed by atoms with Crippen molar-refractivity contribution in [1.29, 1.82) is 0 Å². The Balaban J connectivity index is 1.44. The first-order valence-corrected chi connectivity index (χ1v) is 10.3. The van der Waals surface area contributed by atoms with Gasteiger partial charge < -0.3 is 14.5 Å². The first-order chi connectivity index (χ1) is 15.6. The van der Waals surface area contributed by atoms with Gasteiger partial charge in [0.1, 0.15) is 11.3 Å². The molecule has 160 valence electrons. The normalized spacial score (nSPS) is 19.4. The lowest BCUT2D eigenvalue weighted by Gasteiger charge is -2.16. The molecule has 3 aromatic rings. The van der Waals surface area contributed by atoms with Crippen molar-refractivity contribution in [2.45, 2.75) is 19.4 Å². The van der Waals surface area contributed by atoms with Crippen LogP contribution in [0.4, 0.5) is 5.69 Å². The number of carbonyl (C=O) groups is 1. The van der Waals surface area contributed by atoms with Crippen molar-refractivity contribution < 1.29 is 13.9 Å². The van der Waals surface area contributed by atoms with Gasteiger partial charge in [0.15, 0.2) is 11.7 Å². The van der Waals surface area contributed by atoms with Crippen LogP contribution in [0.1, 0.15) is 13.3 Å². The van der Waals surface area contributed by atoms with Crippen LogP contribution in [0.15, 0.2) is 108 Å². The second-order valence-corrected chi connectivity index (χ2v) is 7.25. The third-order valence-electron chi connectivity index (χ3n) is 4.75. The number of ether oxygens (including phenoxy) is 1. The number of nitrogens with zero attached hydrogens (tertiary/aromatic N) is 2. The van der Waals surface area contributed by atoms with Crippen LogP contribution in [0, 0.1) is 0 Å². The summed E-state index contributed by atoms with van der Waals surface area (Å²) < 4.78 is 11.7. The Bertz CT molecular complexity index is 1250. The molecule has 32 heavy (non-hydrogen) atoms. The van der Waals surface area contributed by atoms with Crippen LogP contribution in [0.3, 0.4) is 0 Å². The van der Waals surface area contributed by atoms with Gasteiger partial charge in [0, 0.05) is 30.1 Å². The van der Waals surface area contributed by atoms with Crippen LogP contribution in [-0.4, -0.2) is 22.0 Å². The number of amides is 1. The van der Waals surface area contributed by atoms with E-state index in [1.54, 1.807) is 37.5 Å². The van der Waals surface area contributed by atoms with Gasteiger partial charge in [-0.2, -0.15) is 0 Å². The maximum atomic E-state index is 12.7. The molecule has 0 radical (unpaired) electrons. The summed E-state index contributed by atoms with van der Waals surface area (Å²) in [5, 5.41) is 2.89. The Labute approximate surface area is 186 Å². The molecule has 0 aliphatic heterocycles. The largest absolute Gasteiger partial charge is 0.485 e. The van der Waals surface area contributed by atoms with Crippen molar-refractivity contribution in [2.24, 2.45) is 0 Å². The Morgan fingerprint density at radius 2 is 1.97 bits per heavy atom. The Hall–Kier alpha value is -4.19. The molecule has 2 heterocycles. The standard InChI is InChI=1S/C26H23N3O3/c1-18-7-4-3-5-9-22(10-6-8-18)31-19(2)25(30)28-21-11-12-24-23(17-21)29-26(32-24)20-13-15-27-16-14-20/h3-8,10-17,19H,1,9H2,2H3,(H,28,30)/b5-3-,7-4-,8-6-,22-10+/t19-/m0/s1. The molecule has 0 saturated heterocycles. The van der Waals surface area contributed by atoms with Gasteiger partial charge in [-0.1, -0.05) is 43.0 Å². The van der Waals surface area contributed by atoms with E-state index in [2.05, 4.69) is 21.9 Å². The Kier molecular flexibility index (Phi) is 6.41. The highest BCUT2D eigenvalue weighted by Crippen LogP contribution is 2.26. The lowest BCUT2D eigenvalue weighted by atomic mass is 10.2.